The lowest BCUT2D eigenvalue weighted by Crippen LogP contribution is -2.04. The van der Waals surface area contributed by atoms with E-state index in [1.165, 1.54) is 17.2 Å². The minimum atomic E-state index is -0.257. The molecule has 102 valence electrons. The van der Waals surface area contributed by atoms with Crippen LogP contribution in [0.4, 0.5) is 4.39 Å². The molecule has 2 aromatic rings. The van der Waals surface area contributed by atoms with E-state index in [1.54, 1.807) is 19.1 Å². The van der Waals surface area contributed by atoms with E-state index < -0.39 is 0 Å². The number of carbonyl (C=O) groups excluding carboxylic acids is 1. The van der Waals surface area contributed by atoms with Crippen molar-refractivity contribution in [3.05, 3.63) is 70.5 Å². The largest absolute Gasteiger partial charge is 0.294 e. The Hall–Kier alpha value is -1.96. The van der Waals surface area contributed by atoms with Crippen molar-refractivity contribution in [3.63, 3.8) is 0 Å². The summed E-state index contributed by atoms with van der Waals surface area (Å²) in [7, 11) is 0. The molecule has 20 heavy (non-hydrogen) atoms. The van der Waals surface area contributed by atoms with Crippen LogP contribution in [0.2, 0.25) is 0 Å². The fourth-order valence-electron chi connectivity index (χ4n) is 2.77. The van der Waals surface area contributed by atoms with Crippen molar-refractivity contribution in [3.8, 4) is 0 Å². The molecule has 1 fully saturated rings. The van der Waals surface area contributed by atoms with Gasteiger partial charge in [-0.25, -0.2) is 4.39 Å². The van der Waals surface area contributed by atoms with Gasteiger partial charge in [0.2, 0.25) is 0 Å². The summed E-state index contributed by atoms with van der Waals surface area (Å²) >= 11 is 0. The monoisotopic (exact) mass is 268 g/mol. The first-order valence-corrected chi connectivity index (χ1v) is 6.93. The average molecular weight is 268 g/mol. The molecule has 0 heterocycles. The lowest BCUT2D eigenvalue weighted by molar-refractivity contribution is 0.0965. The highest BCUT2D eigenvalue weighted by Gasteiger charge is 2.44. The van der Waals surface area contributed by atoms with E-state index in [4.69, 9.17) is 0 Å². The van der Waals surface area contributed by atoms with Crippen molar-refractivity contribution in [2.75, 3.05) is 0 Å². The second-order valence-corrected chi connectivity index (χ2v) is 5.69. The summed E-state index contributed by atoms with van der Waals surface area (Å²) in [6.45, 7) is 3.75. The number of hydrogen-bond acceptors (Lipinski definition) is 1. The van der Waals surface area contributed by atoms with E-state index in [1.807, 2.05) is 6.07 Å². The first-order valence-electron chi connectivity index (χ1n) is 6.93. The van der Waals surface area contributed by atoms with E-state index in [0.717, 1.165) is 6.42 Å². The summed E-state index contributed by atoms with van der Waals surface area (Å²) in [6.07, 6.45) is 0.901. The number of Topliss-reactive ketones (excluding diaryl/α,β-unsaturated/α-hetero) is 1. The van der Waals surface area contributed by atoms with E-state index in [2.05, 4.69) is 25.1 Å². The zero-order valence-electron chi connectivity index (χ0n) is 11.7. The van der Waals surface area contributed by atoms with Gasteiger partial charge in [-0.2, -0.15) is 0 Å². The smallest absolute Gasteiger partial charge is 0.166 e. The first-order chi connectivity index (χ1) is 9.56. The van der Waals surface area contributed by atoms with Crippen LogP contribution in [0.25, 0.3) is 0 Å². The molecule has 0 aromatic heterocycles. The van der Waals surface area contributed by atoms with Crippen LogP contribution >= 0.6 is 0 Å². The fraction of sp³-hybridized carbons (Fsp3) is 0.278. The van der Waals surface area contributed by atoms with Crippen LogP contribution in [0.1, 0.15) is 39.4 Å². The predicted octanol–water partition coefficient (Wildman–Crippen LogP) is 4.43. The number of hydrogen-bond donors (Lipinski definition) is 0. The van der Waals surface area contributed by atoms with E-state index in [9.17, 15) is 9.18 Å². The Labute approximate surface area is 118 Å². The van der Waals surface area contributed by atoms with Gasteiger partial charge in [-0.05, 0) is 55.5 Å². The van der Waals surface area contributed by atoms with Gasteiger partial charge in [-0.15, -0.1) is 0 Å². The maximum absolute atomic E-state index is 13.3. The Morgan fingerprint density at radius 1 is 1.15 bits per heavy atom. The summed E-state index contributed by atoms with van der Waals surface area (Å²) in [5, 5.41) is 0. The highest BCUT2D eigenvalue weighted by atomic mass is 19.1. The fourth-order valence-corrected chi connectivity index (χ4v) is 2.77. The second-order valence-electron chi connectivity index (χ2n) is 5.69. The Morgan fingerprint density at radius 2 is 1.95 bits per heavy atom. The molecule has 2 heteroatoms. The molecule has 0 saturated heterocycles. The van der Waals surface area contributed by atoms with Gasteiger partial charge in [0.25, 0.3) is 0 Å². The predicted molar refractivity (Wildman–Crippen MR) is 77.5 cm³/mol. The standard InChI is InChI=1S/C18H17FO/c1-11-4-3-5-13(8-11)15-10-16(15)18(20)14-6-7-17(19)12(2)9-14/h3-9,15-16H,10H2,1-2H3. The number of rotatable bonds is 3. The van der Waals surface area contributed by atoms with Crippen molar-refractivity contribution < 1.29 is 9.18 Å². The third kappa shape index (κ3) is 2.38. The molecule has 1 aliphatic rings. The van der Waals surface area contributed by atoms with Gasteiger partial charge in [-0.1, -0.05) is 29.8 Å². The second kappa shape index (κ2) is 4.86. The number of benzene rings is 2. The highest BCUT2D eigenvalue weighted by Crippen LogP contribution is 2.49. The van der Waals surface area contributed by atoms with Gasteiger partial charge >= 0.3 is 0 Å². The first kappa shape index (κ1) is 13.0. The van der Waals surface area contributed by atoms with Crippen molar-refractivity contribution in [1.29, 1.82) is 0 Å². The van der Waals surface area contributed by atoms with Crippen LogP contribution in [0.5, 0.6) is 0 Å². The summed E-state index contributed by atoms with van der Waals surface area (Å²) in [5.74, 6) is 0.265. The van der Waals surface area contributed by atoms with Crippen molar-refractivity contribution in [2.45, 2.75) is 26.2 Å². The number of ketones is 1. The molecular formula is C18H17FO. The third-order valence-corrected chi connectivity index (χ3v) is 4.04. The zero-order chi connectivity index (χ0) is 14.3. The summed E-state index contributed by atoms with van der Waals surface area (Å²) in [6, 6.07) is 13.0. The van der Waals surface area contributed by atoms with Gasteiger partial charge < -0.3 is 0 Å². The number of aryl methyl sites for hydroxylation is 2. The average Bonchev–Trinajstić information content (AvgIpc) is 3.21. The maximum atomic E-state index is 13.3. The van der Waals surface area contributed by atoms with Gasteiger partial charge in [-0.3, -0.25) is 4.79 Å². The minimum absolute atomic E-state index is 0.0571. The molecule has 0 amide bonds. The molecule has 0 N–H and O–H groups in total. The molecule has 0 bridgehead atoms. The molecular weight excluding hydrogens is 251 g/mol. The highest BCUT2D eigenvalue weighted by molar-refractivity contribution is 6.00. The Bertz CT molecular complexity index is 675. The molecule has 1 nitrogen and oxygen atoms in total. The molecule has 1 aliphatic carbocycles. The van der Waals surface area contributed by atoms with Crippen LogP contribution in [0.3, 0.4) is 0 Å². The third-order valence-electron chi connectivity index (χ3n) is 4.04. The lowest BCUT2D eigenvalue weighted by atomic mass is 10.0. The van der Waals surface area contributed by atoms with Gasteiger partial charge in [0.05, 0.1) is 0 Å². The van der Waals surface area contributed by atoms with E-state index >= 15 is 0 Å². The van der Waals surface area contributed by atoms with Crippen LogP contribution in [-0.4, -0.2) is 5.78 Å². The zero-order valence-corrected chi connectivity index (χ0v) is 11.7. The Kier molecular flexibility index (Phi) is 3.17. The van der Waals surface area contributed by atoms with Gasteiger partial charge in [0.1, 0.15) is 5.82 Å². The molecule has 0 radical (unpaired) electrons. The summed E-state index contributed by atoms with van der Waals surface area (Å²) < 4.78 is 13.3. The quantitative estimate of drug-likeness (QED) is 0.753. The van der Waals surface area contributed by atoms with Crippen molar-refractivity contribution in [2.24, 2.45) is 5.92 Å². The Balaban J connectivity index is 1.78. The van der Waals surface area contributed by atoms with Crippen LogP contribution in [0.15, 0.2) is 42.5 Å². The number of halogens is 1. The maximum Gasteiger partial charge on any atom is 0.166 e. The van der Waals surface area contributed by atoms with Gasteiger partial charge in [0, 0.05) is 11.5 Å². The summed E-state index contributed by atoms with van der Waals surface area (Å²) in [4.78, 5) is 12.4. The lowest BCUT2D eigenvalue weighted by Gasteiger charge is -2.04. The molecule has 2 aromatic carbocycles. The number of carbonyl (C=O) groups is 1. The van der Waals surface area contributed by atoms with Crippen molar-refractivity contribution in [1.82, 2.24) is 0 Å². The van der Waals surface area contributed by atoms with E-state index in [-0.39, 0.29) is 17.5 Å². The summed E-state index contributed by atoms with van der Waals surface area (Å²) in [5.41, 5.74) is 3.62. The molecule has 2 atom stereocenters. The van der Waals surface area contributed by atoms with E-state index in [0.29, 0.717) is 17.0 Å². The topological polar surface area (TPSA) is 17.1 Å². The molecule has 1 saturated carbocycles. The van der Waals surface area contributed by atoms with Crippen molar-refractivity contribution >= 4 is 5.78 Å². The van der Waals surface area contributed by atoms with Gasteiger partial charge in [0.15, 0.2) is 5.78 Å². The van der Waals surface area contributed by atoms with Crippen LogP contribution in [0, 0.1) is 25.6 Å². The normalized spacial score (nSPS) is 20.8. The SMILES string of the molecule is Cc1cccc(C2CC2C(=O)c2ccc(F)c(C)c2)c1. The molecule has 3 rings (SSSR count). The Morgan fingerprint density at radius 3 is 2.65 bits per heavy atom. The molecule has 0 aliphatic heterocycles. The van der Waals surface area contributed by atoms with Crippen LogP contribution < -0.4 is 0 Å². The minimum Gasteiger partial charge on any atom is -0.294 e. The molecule has 2 unspecified atom stereocenters. The van der Waals surface area contributed by atoms with Crippen LogP contribution in [-0.2, 0) is 0 Å². The molecule has 0 spiro atoms.